The molecule has 0 radical (unpaired) electrons. The van der Waals surface area contributed by atoms with Gasteiger partial charge in [-0.3, -0.25) is 14.7 Å². The van der Waals surface area contributed by atoms with E-state index < -0.39 is 0 Å². The molecular weight excluding hydrogens is 336 g/mol. The Kier molecular flexibility index (Phi) is 6.93. The molecule has 25 heavy (non-hydrogen) atoms. The first-order valence-corrected chi connectivity index (χ1v) is 8.35. The minimum atomic E-state index is 0. The van der Waals surface area contributed by atoms with Gasteiger partial charge in [0.25, 0.3) is 0 Å². The van der Waals surface area contributed by atoms with Crippen LogP contribution in [0.25, 0.3) is 0 Å². The number of carbonyl (C=O) groups excluding carboxylic acids is 1. The summed E-state index contributed by atoms with van der Waals surface area (Å²) in [6.45, 7) is 7.04. The Balaban J connectivity index is 0.00000225. The molecule has 0 spiro atoms. The topological polar surface area (TPSA) is 57.3 Å². The highest BCUT2D eigenvalue weighted by molar-refractivity contribution is 5.93. The number of hydrogen-bond donors (Lipinski definition) is 2. The van der Waals surface area contributed by atoms with E-state index in [4.69, 9.17) is 0 Å². The molecule has 1 aromatic heterocycles. The fourth-order valence-corrected chi connectivity index (χ4v) is 3.17. The normalized spacial score (nSPS) is 17.6. The molecule has 1 saturated heterocycles. The smallest absolute Gasteiger partial charge is 0.238 e. The molecule has 1 aliphatic rings. The van der Waals surface area contributed by atoms with E-state index in [1.165, 1.54) is 5.56 Å². The lowest BCUT2D eigenvalue weighted by atomic mass is 10.1. The van der Waals surface area contributed by atoms with Gasteiger partial charge >= 0.3 is 0 Å². The number of anilines is 1. The molecule has 2 heterocycles. The van der Waals surface area contributed by atoms with Crippen molar-refractivity contribution in [3.8, 4) is 0 Å². The number of pyridine rings is 1. The molecule has 1 fully saturated rings. The van der Waals surface area contributed by atoms with Gasteiger partial charge in [0, 0.05) is 43.8 Å². The van der Waals surface area contributed by atoms with Crippen LogP contribution in [0.1, 0.15) is 22.7 Å². The van der Waals surface area contributed by atoms with Crippen molar-refractivity contribution in [1.29, 1.82) is 0 Å². The van der Waals surface area contributed by atoms with E-state index in [0.717, 1.165) is 36.4 Å². The van der Waals surface area contributed by atoms with Gasteiger partial charge in [0.15, 0.2) is 0 Å². The first-order valence-electron chi connectivity index (χ1n) is 8.35. The molecule has 6 heteroatoms. The van der Waals surface area contributed by atoms with Crippen molar-refractivity contribution in [3.63, 3.8) is 0 Å². The summed E-state index contributed by atoms with van der Waals surface area (Å²) in [5.41, 5.74) is 4.32. The van der Waals surface area contributed by atoms with Gasteiger partial charge in [-0.05, 0) is 37.1 Å². The number of carbonyl (C=O) groups is 1. The Morgan fingerprint density at radius 3 is 2.92 bits per heavy atom. The Bertz CT molecular complexity index is 708. The zero-order chi connectivity index (χ0) is 16.9. The summed E-state index contributed by atoms with van der Waals surface area (Å²) in [5, 5.41) is 6.44. The maximum atomic E-state index is 12.5. The SMILES string of the molecule is Cc1ccc(NC(=O)CN2CCNCC2c2cccnc2)c(C)c1.Cl. The molecule has 1 atom stereocenters. The lowest BCUT2D eigenvalue weighted by molar-refractivity contribution is -0.118. The Hall–Kier alpha value is -1.95. The van der Waals surface area contributed by atoms with Crippen LogP contribution in [-0.4, -0.2) is 42.0 Å². The van der Waals surface area contributed by atoms with Gasteiger partial charge in [0.2, 0.25) is 5.91 Å². The van der Waals surface area contributed by atoms with E-state index in [9.17, 15) is 4.79 Å². The average molecular weight is 361 g/mol. The van der Waals surface area contributed by atoms with Gasteiger partial charge in [-0.15, -0.1) is 12.4 Å². The van der Waals surface area contributed by atoms with E-state index in [0.29, 0.717) is 6.54 Å². The summed E-state index contributed by atoms with van der Waals surface area (Å²) in [6, 6.07) is 10.3. The quantitative estimate of drug-likeness (QED) is 0.880. The van der Waals surface area contributed by atoms with Crippen LogP contribution in [0.2, 0.25) is 0 Å². The van der Waals surface area contributed by atoms with Gasteiger partial charge in [0.05, 0.1) is 6.54 Å². The van der Waals surface area contributed by atoms with Crippen LogP contribution < -0.4 is 10.6 Å². The molecule has 2 aromatic rings. The second-order valence-corrected chi connectivity index (χ2v) is 6.34. The lowest BCUT2D eigenvalue weighted by Crippen LogP contribution is -2.48. The minimum absolute atomic E-state index is 0. The van der Waals surface area contributed by atoms with Crippen molar-refractivity contribution in [3.05, 3.63) is 59.4 Å². The Morgan fingerprint density at radius 2 is 2.20 bits per heavy atom. The number of hydrogen-bond acceptors (Lipinski definition) is 4. The van der Waals surface area contributed by atoms with Crippen LogP contribution in [0.5, 0.6) is 0 Å². The highest BCUT2D eigenvalue weighted by Crippen LogP contribution is 2.21. The first-order chi connectivity index (χ1) is 11.6. The summed E-state index contributed by atoms with van der Waals surface area (Å²) in [7, 11) is 0. The molecule has 1 aliphatic heterocycles. The molecule has 134 valence electrons. The molecule has 5 nitrogen and oxygen atoms in total. The second kappa shape index (κ2) is 8.94. The molecule has 2 N–H and O–H groups in total. The third-order valence-corrected chi connectivity index (χ3v) is 4.43. The number of amides is 1. The number of nitrogens with one attached hydrogen (secondary N) is 2. The zero-order valence-electron chi connectivity index (χ0n) is 14.7. The summed E-state index contributed by atoms with van der Waals surface area (Å²) in [6.07, 6.45) is 3.66. The highest BCUT2D eigenvalue weighted by Gasteiger charge is 2.25. The van der Waals surface area contributed by atoms with Gasteiger partial charge in [-0.2, -0.15) is 0 Å². The van der Waals surface area contributed by atoms with Crippen molar-refractivity contribution >= 4 is 24.0 Å². The molecule has 0 bridgehead atoms. The fourth-order valence-electron chi connectivity index (χ4n) is 3.17. The van der Waals surface area contributed by atoms with Crippen LogP contribution >= 0.6 is 12.4 Å². The Labute approximate surface area is 155 Å². The fraction of sp³-hybridized carbons (Fsp3) is 0.368. The number of halogens is 1. The highest BCUT2D eigenvalue weighted by atomic mass is 35.5. The van der Waals surface area contributed by atoms with Gasteiger partial charge in [-0.25, -0.2) is 0 Å². The monoisotopic (exact) mass is 360 g/mol. The van der Waals surface area contributed by atoms with Crippen LogP contribution in [0, 0.1) is 13.8 Å². The Morgan fingerprint density at radius 1 is 1.36 bits per heavy atom. The van der Waals surface area contributed by atoms with Gasteiger partial charge in [-0.1, -0.05) is 23.8 Å². The molecule has 1 aromatic carbocycles. The molecule has 1 amide bonds. The molecule has 0 aliphatic carbocycles. The number of rotatable bonds is 4. The van der Waals surface area contributed by atoms with Crippen LogP contribution in [-0.2, 0) is 4.79 Å². The largest absolute Gasteiger partial charge is 0.325 e. The third kappa shape index (κ3) is 5.01. The number of benzene rings is 1. The van der Waals surface area contributed by atoms with E-state index in [-0.39, 0.29) is 24.4 Å². The third-order valence-electron chi connectivity index (χ3n) is 4.43. The van der Waals surface area contributed by atoms with Crippen molar-refractivity contribution in [2.45, 2.75) is 19.9 Å². The van der Waals surface area contributed by atoms with Crippen molar-refractivity contribution in [2.75, 3.05) is 31.5 Å². The standard InChI is InChI=1S/C19H24N4O.ClH/c1-14-5-6-17(15(2)10-14)22-19(24)13-23-9-8-21-12-18(23)16-4-3-7-20-11-16;/h3-7,10-11,18,21H,8-9,12-13H2,1-2H3,(H,22,24);1H. The first kappa shape index (κ1) is 19.4. The van der Waals surface area contributed by atoms with Crippen molar-refractivity contribution in [1.82, 2.24) is 15.2 Å². The lowest BCUT2D eigenvalue weighted by Gasteiger charge is -2.35. The molecule has 1 unspecified atom stereocenters. The van der Waals surface area contributed by atoms with E-state index in [2.05, 4.69) is 39.6 Å². The zero-order valence-corrected chi connectivity index (χ0v) is 15.5. The summed E-state index contributed by atoms with van der Waals surface area (Å²) >= 11 is 0. The number of nitrogens with zero attached hydrogens (tertiary/aromatic N) is 2. The van der Waals surface area contributed by atoms with Crippen molar-refractivity contribution < 1.29 is 4.79 Å². The average Bonchev–Trinajstić information content (AvgIpc) is 2.59. The summed E-state index contributed by atoms with van der Waals surface area (Å²) < 4.78 is 0. The second-order valence-electron chi connectivity index (χ2n) is 6.34. The van der Waals surface area contributed by atoms with Gasteiger partial charge < -0.3 is 10.6 Å². The minimum Gasteiger partial charge on any atom is -0.325 e. The maximum Gasteiger partial charge on any atom is 0.238 e. The summed E-state index contributed by atoms with van der Waals surface area (Å²) in [4.78, 5) is 18.9. The number of piperazine rings is 1. The van der Waals surface area contributed by atoms with Crippen LogP contribution in [0.4, 0.5) is 5.69 Å². The molecular formula is C19H25ClN4O. The number of aryl methyl sites for hydroxylation is 2. The predicted molar refractivity (Wildman–Crippen MR) is 103 cm³/mol. The van der Waals surface area contributed by atoms with Crippen LogP contribution in [0.15, 0.2) is 42.7 Å². The molecule has 3 rings (SSSR count). The van der Waals surface area contributed by atoms with Crippen LogP contribution in [0.3, 0.4) is 0 Å². The van der Waals surface area contributed by atoms with E-state index >= 15 is 0 Å². The van der Waals surface area contributed by atoms with Crippen molar-refractivity contribution in [2.24, 2.45) is 0 Å². The number of aromatic nitrogens is 1. The van der Waals surface area contributed by atoms with Gasteiger partial charge in [0.1, 0.15) is 0 Å². The summed E-state index contributed by atoms with van der Waals surface area (Å²) in [5.74, 6) is 0.0257. The predicted octanol–water partition coefficient (Wildman–Crippen LogP) is 2.71. The van der Waals surface area contributed by atoms with E-state index in [1.807, 2.05) is 31.3 Å². The van der Waals surface area contributed by atoms with E-state index in [1.54, 1.807) is 6.20 Å². The molecule has 0 saturated carbocycles. The maximum absolute atomic E-state index is 12.5.